The first-order valence-corrected chi connectivity index (χ1v) is 8.02. The Morgan fingerprint density at radius 1 is 0.950 bits per heavy atom. The summed E-state index contributed by atoms with van der Waals surface area (Å²) in [5.41, 5.74) is 1.79. The van der Waals surface area contributed by atoms with E-state index in [2.05, 4.69) is 60.9 Å². The molecule has 0 aliphatic carbocycles. The van der Waals surface area contributed by atoms with Crippen molar-refractivity contribution in [2.45, 2.75) is 39.3 Å². The van der Waals surface area contributed by atoms with Crippen LogP contribution < -0.4 is 0 Å². The molecule has 0 aromatic heterocycles. The zero-order chi connectivity index (χ0) is 14.2. The molecule has 0 spiro atoms. The van der Waals surface area contributed by atoms with Crippen LogP contribution in [0.2, 0.25) is 0 Å². The van der Waals surface area contributed by atoms with Crippen LogP contribution in [-0.2, 0) is 6.54 Å². The number of hydrogen-bond donors (Lipinski definition) is 0. The van der Waals surface area contributed by atoms with Crippen LogP contribution in [0.4, 0.5) is 0 Å². The van der Waals surface area contributed by atoms with Gasteiger partial charge in [0.1, 0.15) is 0 Å². The van der Waals surface area contributed by atoms with Crippen LogP contribution in [0.1, 0.15) is 32.8 Å². The Bertz CT molecular complexity index is 420. The lowest BCUT2D eigenvalue weighted by Gasteiger charge is -2.50. The third kappa shape index (κ3) is 3.24. The Labute approximate surface area is 123 Å². The lowest BCUT2D eigenvalue weighted by molar-refractivity contribution is -0.0120. The summed E-state index contributed by atoms with van der Waals surface area (Å²) in [6, 6.07) is 10.9. The fourth-order valence-electron chi connectivity index (χ4n) is 3.91. The molecule has 1 aromatic carbocycles. The molecule has 2 unspecified atom stereocenters. The topological polar surface area (TPSA) is 6.48 Å². The Hall–Kier alpha value is -0.860. The van der Waals surface area contributed by atoms with Crippen molar-refractivity contribution in [1.29, 1.82) is 0 Å². The van der Waals surface area contributed by atoms with Gasteiger partial charge in [-0.3, -0.25) is 9.80 Å². The predicted octanol–water partition coefficient (Wildman–Crippen LogP) is 3.24. The van der Waals surface area contributed by atoms with Crippen LogP contribution in [0, 0.1) is 11.8 Å². The van der Waals surface area contributed by atoms with E-state index >= 15 is 0 Å². The van der Waals surface area contributed by atoms with Gasteiger partial charge in [0, 0.05) is 38.3 Å². The quantitative estimate of drug-likeness (QED) is 0.815. The van der Waals surface area contributed by atoms with Crippen LogP contribution in [-0.4, -0.2) is 41.5 Å². The van der Waals surface area contributed by atoms with Crippen molar-refractivity contribution in [2.24, 2.45) is 11.8 Å². The number of benzene rings is 1. The Morgan fingerprint density at radius 3 is 2.10 bits per heavy atom. The Morgan fingerprint density at radius 2 is 1.55 bits per heavy atom. The Balaban J connectivity index is 1.62. The van der Waals surface area contributed by atoms with E-state index in [1.54, 1.807) is 0 Å². The summed E-state index contributed by atoms with van der Waals surface area (Å²) in [4.78, 5) is 5.37. The van der Waals surface area contributed by atoms with E-state index in [1.807, 2.05) is 0 Å². The van der Waals surface area contributed by atoms with Gasteiger partial charge < -0.3 is 0 Å². The largest absolute Gasteiger partial charge is 0.298 e. The van der Waals surface area contributed by atoms with Crippen molar-refractivity contribution in [3.8, 4) is 0 Å². The number of hydrogen-bond acceptors (Lipinski definition) is 2. The standard InChI is InChI=1S/C18H28N2/c1-18(2,3)20-13-16-9-17(14-20)12-19(11-16)10-15-7-5-4-6-8-15/h4-8,16-17H,9-14H2,1-3H3. The summed E-state index contributed by atoms with van der Waals surface area (Å²) in [7, 11) is 0. The summed E-state index contributed by atoms with van der Waals surface area (Å²) in [6.45, 7) is 13.3. The molecule has 2 aliphatic heterocycles. The minimum absolute atomic E-state index is 0.332. The van der Waals surface area contributed by atoms with Gasteiger partial charge in [-0.25, -0.2) is 0 Å². The van der Waals surface area contributed by atoms with E-state index in [4.69, 9.17) is 0 Å². The summed E-state index contributed by atoms with van der Waals surface area (Å²) >= 11 is 0. The lowest BCUT2D eigenvalue weighted by atomic mass is 9.82. The average molecular weight is 272 g/mol. The van der Waals surface area contributed by atoms with Crippen molar-refractivity contribution in [2.75, 3.05) is 26.2 Å². The molecule has 110 valence electrons. The number of rotatable bonds is 2. The van der Waals surface area contributed by atoms with Crippen molar-refractivity contribution in [3.05, 3.63) is 35.9 Å². The fourth-order valence-corrected chi connectivity index (χ4v) is 3.91. The molecule has 0 amide bonds. The van der Waals surface area contributed by atoms with Crippen LogP contribution in [0.3, 0.4) is 0 Å². The van der Waals surface area contributed by atoms with Crippen molar-refractivity contribution < 1.29 is 0 Å². The molecule has 2 atom stereocenters. The second kappa shape index (κ2) is 5.50. The third-order valence-corrected chi connectivity index (χ3v) is 4.85. The highest BCUT2D eigenvalue weighted by Crippen LogP contribution is 2.32. The van der Waals surface area contributed by atoms with Crippen LogP contribution in [0.5, 0.6) is 0 Å². The first kappa shape index (κ1) is 14.1. The molecular weight excluding hydrogens is 244 g/mol. The molecule has 3 rings (SSSR count). The summed E-state index contributed by atoms with van der Waals surface area (Å²) < 4.78 is 0. The van der Waals surface area contributed by atoms with E-state index < -0.39 is 0 Å². The normalized spacial score (nSPS) is 28.6. The monoisotopic (exact) mass is 272 g/mol. The first-order chi connectivity index (χ1) is 9.50. The molecule has 2 bridgehead atoms. The highest BCUT2D eigenvalue weighted by molar-refractivity contribution is 5.14. The summed E-state index contributed by atoms with van der Waals surface area (Å²) in [5, 5.41) is 0. The van der Waals surface area contributed by atoms with E-state index in [-0.39, 0.29) is 0 Å². The molecule has 2 heterocycles. The molecular formula is C18H28N2. The van der Waals surface area contributed by atoms with Crippen LogP contribution in [0.15, 0.2) is 30.3 Å². The highest BCUT2D eigenvalue weighted by Gasteiger charge is 2.37. The van der Waals surface area contributed by atoms with Gasteiger partial charge >= 0.3 is 0 Å². The highest BCUT2D eigenvalue weighted by atomic mass is 15.2. The molecule has 0 saturated carbocycles. The minimum atomic E-state index is 0.332. The van der Waals surface area contributed by atoms with Crippen LogP contribution in [0.25, 0.3) is 0 Å². The molecule has 2 saturated heterocycles. The smallest absolute Gasteiger partial charge is 0.0233 e. The van der Waals surface area contributed by atoms with E-state index in [1.165, 1.54) is 38.2 Å². The number of piperidine rings is 2. The maximum Gasteiger partial charge on any atom is 0.0233 e. The fraction of sp³-hybridized carbons (Fsp3) is 0.667. The van der Waals surface area contributed by atoms with Crippen LogP contribution >= 0.6 is 0 Å². The SMILES string of the molecule is CC(C)(C)N1CC2CC(CN(Cc3ccccc3)C2)C1. The third-order valence-electron chi connectivity index (χ3n) is 4.85. The van der Waals surface area contributed by atoms with Gasteiger partial charge in [-0.15, -0.1) is 0 Å². The van der Waals surface area contributed by atoms with E-state index in [0.29, 0.717) is 5.54 Å². The van der Waals surface area contributed by atoms with Gasteiger partial charge in [-0.05, 0) is 44.6 Å². The molecule has 20 heavy (non-hydrogen) atoms. The summed E-state index contributed by atoms with van der Waals surface area (Å²) in [6.07, 6.45) is 1.44. The second-order valence-corrected chi connectivity index (χ2v) is 7.72. The molecule has 2 aliphatic rings. The molecule has 0 radical (unpaired) electrons. The van der Waals surface area contributed by atoms with Crippen molar-refractivity contribution in [3.63, 3.8) is 0 Å². The minimum Gasteiger partial charge on any atom is -0.298 e. The van der Waals surface area contributed by atoms with E-state index in [9.17, 15) is 0 Å². The van der Waals surface area contributed by atoms with Crippen molar-refractivity contribution in [1.82, 2.24) is 9.80 Å². The molecule has 0 N–H and O–H groups in total. The lowest BCUT2D eigenvalue weighted by Crippen LogP contribution is -2.57. The van der Waals surface area contributed by atoms with E-state index in [0.717, 1.165) is 18.4 Å². The Kier molecular flexibility index (Phi) is 3.87. The molecule has 2 fully saturated rings. The zero-order valence-corrected chi connectivity index (χ0v) is 13.2. The molecule has 1 aromatic rings. The number of likely N-dealkylation sites (tertiary alicyclic amines) is 2. The first-order valence-electron chi connectivity index (χ1n) is 8.02. The maximum atomic E-state index is 2.70. The van der Waals surface area contributed by atoms with Gasteiger partial charge in [-0.2, -0.15) is 0 Å². The van der Waals surface area contributed by atoms with Gasteiger partial charge in [-0.1, -0.05) is 30.3 Å². The maximum absolute atomic E-state index is 2.70. The molecule has 2 nitrogen and oxygen atoms in total. The zero-order valence-electron chi connectivity index (χ0n) is 13.2. The second-order valence-electron chi connectivity index (χ2n) is 7.72. The number of nitrogens with zero attached hydrogens (tertiary/aromatic N) is 2. The van der Waals surface area contributed by atoms with Gasteiger partial charge in [0.05, 0.1) is 0 Å². The van der Waals surface area contributed by atoms with Gasteiger partial charge in [0.15, 0.2) is 0 Å². The van der Waals surface area contributed by atoms with Gasteiger partial charge in [0.25, 0.3) is 0 Å². The summed E-state index contributed by atoms with van der Waals surface area (Å²) in [5.74, 6) is 1.73. The van der Waals surface area contributed by atoms with Crippen molar-refractivity contribution >= 4 is 0 Å². The predicted molar refractivity (Wildman–Crippen MR) is 84.6 cm³/mol. The molecule has 2 heteroatoms. The van der Waals surface area contributed by atoms with Gasteiger partial charge in [0.2, 0.25) is 0 Å². The average Bonchev–Trinajstić information content (AvgIpc) is 2.37. The number of fused-ring (bicyclic) bond motifs is 2.